The summed E-state index contributed by atoms with van der Waals surface area (Å²) >= 11 is 0. The minimum absolute atomic E-state index is 0.0738. The zero-order chi connectivity index (χ0) is 26.3. The van der Waals surface area contributed by atoms with Crippen LogP contribution in [0.2, 0.25) is 0 Å². The van der Waals surface area contributed by atoms with E-state index < -0.39 is 5.60 Å². The van der Waals surface area contributed by atoms with Crippen molar-refractivity contribution in [3.8, 4) is 0 Å². The van der Waals surface area contributed by atoms with Crippen LogP contribution in [0.3, 0.4) is 0 Å². The molecule has 1 atom stereocenters. The number of hydrogen-bond acceptors (Lipinski definition) is 4. The second-order valence-corrected chi connectivity index (χ2v) is 12.4. The molecular weight excluding hydrogens is 452 g/mol. The molecule has 7 heteroatoms. The number of nitrogens with zero attached hydrogens (tertiary/aromatic N) is 4. The Morgan fingerprint density at radius 1 is 0.889 bits per heavy atom. The predicted octanol–water partition coefficient (Wildman–Crippen LogP) is 5.69. The molecule has 7 nitrogen and oxygen atoms in total. The molecule has 3 heterocycles. The van der Waals surface area contributed by atoms with Gasteiger partial charge in [-0.2, -0.15) is 5.10 Å². The number of likely N-dealkylation sites (tertiary alicyclic amines) is 2. The van der Waals surface area contributed by atoms with Crippen LogP contribution >= 0.6 is 0 Å². The quantitative estimate of drug-likeness (QED) is 0.550. The van der Waals surface area contributed by atoms with Crippen LogP contribution in [0.15, 0.2) is 30.5 Å². The molecule has 2 aliphatic heterocycles. The van der Waals surface area contributed by atoms with Crippen LogP contribution in [0.4, 0.5) is 4.79 Å². The van der Waals surface area contributed by atoms with Gasteiger partial charge in [-0.05, 0) is 73.3 Å². The Hall–Kier alpha value is -2.83. The van der Waals surface area contributed by atoms with E-state index in [1.165, 1.54) is 11.1 Å². The maximum Gasteiger partial charge on any atom is 0.410 e. The maximum absolute atomic E-state index is 13.8. The van der Waals surface area contributed by atoms with Crippen molar-refractivity contribution in [1.82, 2.24) is 19.6 Å². The van der Waals surface area contributed by atoms with E-state index in [0.717, 1.165) is 38.0 Å². The molecule has 2 saturated heterocycles. The fourth-order valence-electron chi connectivity index (χ4n) is 5.34. The second kappa shape index (κ2) is 9.91. The van der Waals surface area contributed by atoms with Crippen molar-refractivity contribution >= 4 is 12.0 Å². The van der Waals surface area contributed by atoms with Crippen molar-refractivity contribution < 1.29 is 14.3 Å². The molecule has 196 valence electrons. The molecule has 0 saturated carbocycles. The number of benzene rings is 1. The summed E-state index contributed by atoms with van der Waals surface area (Å²) in [5.74, 6) is 0.609. The highest BCUT2D eigenvalue weighted by Crippen LogP contribution is 2.36. The lowest BCUT2D eigenvalue weighted by Gasteiger charge is -2.35. The molecule has 2 aromatic rings. The Morgan fingerprint density at radius 2 is 1.47 bits per heavy atom. The standard InChI is InChI=1S/C29H42N4O3/c1-20-8-10-21(11-9-20)23-14-17-32(19-23)26(34)24-18-30-33(28(2,3)4)25(24)22-12-15-31(16-13-22)27(35)36-29(5,6)7/h8-11,18,22-23H,12-17,19H2,1-7H3/t23-/m0/s1. The van der Waals surface area contributed by atoms with Gasteiger partial charge in [-0.3, -0.25) is 9.48 Å². The summed E-state index contributed by atoms with van der Waals surface area (Å²) in [4.78, 5) is 30.2. The first-order valence-electron chi connectivity index (χ1n) is 13.3. The van der Waals surface area contributed by atoms with E-state index in [0.29, 0.717) is 24.6 Å². The van der Waals surface area contributed by atoms with Crippen molar-refractivity contribution in [1.29, 1.82) is 0 Å². The van der Waals surface area contributed by atoms with Crippen molar-refractivity contribution in [3.05, 3.63) is 52.8 Å². The minimum atomic E-state index is -0.509. The first-order valence-corrected chi connectivity index (χ1v) is 13.3. The molecular formula is C29H42N4O3. The van der Waals surface area contributed by atoms with Crippen LogP contribution in [0.25, 0.3) is 0 Å². The van der Waals surface area contributed by atoms with Gasteiger partial charge in [-0.1, -0.05) is 29.8 Å². The van der Waals surface area contributed by atoms with Gasteiger partial charge in [-0.25, -0.2) is 4.79 Å². The SMILES string of the molecule is Cc1ccc([C@H]2CCN(C(=O)c3cnn(C(C)(C)C)c3C3CCN(C(=O)OC(C)(C)C)CC3)C2)cc1. The van der Waals surface area contributed by atoms with E-state index in [2.05, 4.69) is 52.0 Å². The van der Waals surface area contributed by atoms with E-state index in [-0.39, 0.29) is 23.5 Å². The molecule has 1 aromatic carbocycles. The van der Waals surface area contributed by atoms with Crippen molar-refractivity contribution in [2.45, 2.75) is 90.7 Å². The van der Waals surface area contributed by atoms with E-state index >= 15 is 0 Å². The van der Waals surface area contributed by atoms with Gasteiger partial charge in [0.1, 0.15) is 5.60 Å². The molecule has 1 aromatic heterocycles. The number of piperidine rings is 1. The van der Waals surface area contributed by atoms with Gasteiger partial charge in [0, 0.05) is 38.0 Å². The molecule has 0 unspecified atom stereocenters. The number of carbonyl (C=O) groups is 2. The molecule has 4 rings (SSSR count). The summed E-state index contributed by atoms with van der Waals surface area (Å²) in [5.41, 5.74) is 3.52. The molecule has 2 fully saturated rings. The Bertz CT molecular complexity index is 1080. The fraction of sp³-hybridized carbons (Fsp3) is 0.621. The second-order valence-electron chi connectivity index (χ2n) is 12.4. The Balaban J connectivity index is 1.51. The molecule has 2 amide bonds. The third kappa shape index (κ3) is 5.76. The van der Waals surface area contributed by atoms with Gasteiger partial charge in [0.15, 0.2) is 0 Å². The summed E-state index contributed by atoms with van der Waals surface area (Å²) in [7, 11) is 0. The van der Waals surface area contributed by atoms with Crippen LogP contribution in [0.1, 0.15) is 99.8 Å². The summed E-state index contributed by atoms with van der Waals surface area (Å²) in [6.07, 6.45) is 4.05. The van der Waals surface area contributed by atoms with Gasteiger partial charge in [0.25, 0.3) is 5.91 Å². The lowest BCUT2D eigenvalue weighted by molar-refractivity contribution is 0.0201. The molecule has 0 radical (unpaired) electrons. The Kier molecular flexibility index (Phi) is 7.22. The lowest BCUT2D eigenvalue weighted by atomic mass is 9.90. The lowest BCUT2D eigenvalue weighted by Crippen LogP contribution is -2.42. The first kappa shape index (κ1) is 26.2. The average Bonchev–Trinajstić information content (AvgIpc) is 3.46. The van der Waals surface area contributed by atoms with Gasteiger partial charge >= 0.3 is 6.09 Å². The monoisotopic (exact) mass is 494 g/mol. The highest BCUT2D eigenvalue weighted by Gasteiger charge is 2.36. The molecule has 0 aliphatic carbocycles. The number of carbonyl (C=O) groups excluding carboxylic acids is 2. The molecule has 0 bridgehead atoms. The van der Waals surface area contributed by atoms with Crippen LogP contribution in [0.5, 0.6) is 0 Å². The van der Waals surface area contributed by atoms with E-state index in [9.17, 15) is 9.59 Å². The van der Waals surface area contributed by atoms with Crippen LogP contribution in [-0.4, -0.2) is 63.4 Å². The third-order valence-electron chi connectivity index (χ3n) is 7.23. The number of aryl methyl sites for hydroxylation is 1. The fourth-order valence-corrected chi connectivity index (χ4v) is 5.34. The van der Waals surface area contributed by atoms with Gasteiger partial charge in [0.05, 0.1) is 23.0 Å². The highest BCUT2D eigenvalue weighted by molar-refractivity contribution is 5.95. The normalized spacial score (nSPS) is 19.6. The van der Waals surface area contributed by atoms with E-state index in [4.69, 9.17) is 9.84 Å². The molecule has 36 heavy (non-hydrogen) atoms. The zero-order valence-electron chi connectivity index (χ0n) is 23.0. The largest absolute Gasteiger partial charge is 0.444 e. The zero-order valence-corrected chi connectivity index (χ0v) is 23.0. The maximum atomic E-state index is 13.8. The highest BCUT2D eigenvalue weighted by atomic mass is 16.6. The predicted molar refractivity (Wildman–Crippen MR) is 141 cm³/mol. The number of ether oxygens (including phenoxy) is 1. The van der Waals surface area contributed by atoms with Gasteiger partial charge < -0.3 is 14.5 Å². The van der Waals surface area contributed by atoms with Crippen molar-refractivity contribution in [2.75, 3.05) is 26.2 Å². The van der Waals surface area contributed by atoms with Crippen molar-refractivity contribution in [2.24, 2.45) is 0 Å². The van der Waals surface area contributed by atoms with E-state index in [1.54, 1.807) is 11.1 Å². The number of aromatic nitrogens is 2. The van der Waals surface area contributed by atoms with Crippen LogP contribution in [-0.2, 0) is 10.3 Å². The summed E-state index contributed by atoms with van der Waals surface area (Å²) in [5, 5.41) is 4.71. The molecule has 0 N–H and O–H groups in total. The Morgan fingerprint density at radius 3 is 2.06 bits per heavy atom. The van der Waals surface area contributed by atoms with Gasteiger partial charge in [-0.15, -0.1) is 0 Å². The first-order chi connectivity index (χ1) is 16.8. The Labute approximate surface area is 215 Å². The summed E-state index contributed by atoms with van der Waals surface area (Å²) < 4.78 is 7.60. The smallest absolute Gasteiger partial charge is 0.410 e. The van der Waals surface area contributed by atoms with Crippen molar-refractivity contribution in [3.63, 3.8) is 0 Å². The van der Waals surface area contributed by atoms with Crippen LogP contribution in [0, 0.1) is 6.92 Å². The minimum Gasteiger partial charge on any atom is -0.444 e. The third-order valence-corrected chi connectivity index (χ3v) is 7.23. The topological polar surface area (TPSA) is 67.7 Å². The number of hydrogen-bond donors (Lipinski definition) is 0. The van der Waals surface area contributed by atoms with E-state index in [1.807, 2.05) is 30.4 Å². The summed E-state index contributed by atoms with van der Waals surface area (Å²) in [6.45, 7) is 16.8. The van der Waals surface area contributed by atoms with Gasteiger partial charge in [0.2, 0.25) is 0 Å². The molecule has 0 spiro atoms. The average molecular weight is 495 g/mol. The summed E-state index contributed by atoms with van der Waals surface area (Å²) in [6, 6.07) is 8.68. The number of amides is 2. The molecule has 2 aliphatic rings. The van der Waals surface area contributed by atoms with Crippen LogP contribution < -0.4 is 0 Å². The number of rotatable bonds is 3.